The van der Waals surface area contributed by atoms with Crippen molar-refractivity contribution in [1.29, 1.82) is 0 Å². The van der Waals surface area contributed by atoms with Crippen LogP contribution in [0.25, 0.3) is 0 Å². The topological polar surface area (TPSA) is 100 Å². The van der Waals surface area contributed by atoms with Crippen LogP contribution in [0.4, 0.5) is 0 Å². The van der Waals surface area contributed by atoms with Crippen molar-refractivity contribution in [3.8, 4) is 0 Å². The Balaban J connectivity index is 1.53. The molecule has 2 aliphatic rings. The van der Waals surface area contributed by atoms with Crippen molar-refractivity contribution in [2.45, 2.75) is 56.9 Å². The minimum atomic E-state index is -1.39. The number of hydrogen-bond acceptors (Lipinski definition) is 7. The van der Waals surface area contributed by atoms with Gasteiger partial charge in [-0.2, -0.15) is 0 Å². The Morgan fingerprint density at radius 3 is 2.54 bits per heavy atom. The number of benzene rings is 2. The Labute approximate surface area is 210 Å². The van der Waals surface area contributed by atoms with Gasteiger partial charge < -0.3 is 24.4 Å². The summed E-state index contributed by atoms with van der Waals surface area (Å²) in [6.07, 6.45) is -3.12. The summed E-state index contributed by atoms with van der Waals surface area (Å²) in [6.45, 7) is 4.49. The molecule has 0 radical (unpaired) electrons. The zero-order valence-corrected chi connectivity index (χ0v) is 20.6. The summed E-state index contributed by atoms with van der Waals surface area (Å²) in [4.78, 5) is 13.6. The molecular formula is C26H33ClN2O6. The van der Waals surface area contributed by atoms with Crippen molar-refractivity contribution < 1.29 is 29.2 Å². The Hall–Kier alpha value is -2.04. The maximum Gasteiger partial charge on any atom is 0.266 e. The molecule has 1 heterocycles. The molecule has 3 N–H and O–H groups in total. The fraction of sp³-hybridized carbons (Fsp3) is 0.500. The van der Waals surface area contributed by atoms with E-state index < -0.39 is 23.9 Å². The van der Waals surface area contributed by atoms with E-state index in [0.29, 0.717) is 31.3 Å². The Bertz CT molecular complexity index is 1000. The first-order valence-electron chi connectivity index (χ1n) is 11.9. The molecule has 35 heavy (non-hydrogen) atoms. The summed E-state index contributed by atoms with van der Waals surface area (Å²) in [5.74, 6) is -0.366. The van der Waals surface area contributed by atoms with Gasteiger partial charge >= 0.3 is 0 Å². The molecule has 0 spiro atoms. The van der Waals surface area contributed by atoms with E-state index in [0.717, 1.165) is 16.7 Å². The van der Waals surface area contributed by atoms with Crippen LogP contribution in [0.1, 0.15) is 29.5 Å². The van der Waals surface area contributed by atoms with E-state index in [1.807, 2.05) is 43.3 Å². The summed E-state index contributed by atoms with van der Waals surface area (Å²) in [5, 5.41) is 23.9. The molecule has 8 nitrogen and oxygen atoms in total. The molecular weight excluding hydrogens is 472 g/mol. The number of ether oxygens (including phenoxy) is 3. The number of morpholine rings is 1. The average Bonchev–Trinajstić information content (AvgIpc) is 2.84. The molecule has 2 fully saturated rings. The second-order valence-corrected chi connectivity index (χ2v) is 9.69. The average molecular weight is 505 g/mol. The molecule has 190 valence electrons. The van der Waals surface area contributed by atoms with Crippen LogP contribution in [0.3, 0.4) is 0 Å². The monoisotopic (exact) mass is 504 g/mol. The predicted octanol–water partition coefficient (Wildman–Crippen LogP) is 2.37. The van der Waals surface area contributed by atoms with Gasteiger partial charge in [-0.25, -0.2) is 5.01 Å². The molecule has 0 bridgehead atoms. The number of aliphatic hydroxyl groups is 2. The van der Waals surface area contributed by atoms with Gasteiger partial charge in [0.05, 0.1) is 38.6 Å². The van der Waals surface area contributed by atoms with E-state index in [1.54, 1.807) is 17.1 Å². The van der Waals surface area contributed by atoms with Crippen LogP contribution in [-0.2, 0) is 32.2 Å². The van der Waals surface area contributed by atoms with Gasteiger partial charge in [-0.05, 0) is 30.2 Å². The normalized spacial score (nSPS) is 27.5. The number of hydrazine groups is 1. The van der Waals surface area contributed by atoms with Crippen LogP contribution < -0.4 is 5.43 Å². The molecule has 4 atom stereocenters. The first kappa shape index (κ1) is 26.0. The van der Waals surface area contributed by atoms with E-state index in [9.17, 15) is 15.0 Å². The highest BCUT2D eigenvalue weighted by atomic mass is 35.5. The molecule has 0 aromatic heterocycles. The minimum Gasteiger partial charge on any atom is -0.390 e. The maximum absolute atomic E-state index is 13.6. The zero-order valence-electron chi connectivity index (χ0n) is 19.9. The molecule has 4 rings (SSSR count). The van der Waals surface area contributed by atoms with Gasteiger partial charge in [0.1, 0.15) is 6.10 Å². The van der Waals surface area contributed by atoms with Crippen LogP contribution in [0.5, 0.6) is 0 Å². The fourth-order valence-corrected chi connectivity index (χ4v) is 4.75. The zero-order chi connectivity index (χ0) is 24.8. The molecule has 1 aliphatic carbocycles. The van der Waals surface area contributed by atoms with Crippen molar-refractivity contribution in [1.82, 2.24) is 10.4 Å². The van der Waals surface area contributed by atoms with Crippen LogP contribution in [0.15, 0.2) is 48.5 Å². The highest BCUT2D eigenvalue weighted by molar-refractivity contribution is 6.30. The summed E-state index contributed by atoms with van der Waals surface area (Å²) < 4.78 is 17.7. The number of nitrogens with one attached hydrogen (secondary N) is 1. The Morgan fingerprint density at radius 2 is 1.83 bits per heavy atom. The Morgan fingerprint density at radius 1 is 1.11 bits per heavy atom. The number of aliphatic hydroxyl groups excluding tert-OH is 2. The van der Waals surface area contributed by atoms with Crippen molar-refractivity contribution in [2.24, 2.45) is 0 Å². The number of carbonyl (C=O) groups is 1. The smallest absolute Gasteiger partial charge is 0.266 e. The summed E-state index contributed by atoms with van der Waals surface area (Å²) >= 11 is 6.08. The van der Waals surface area contributed by atoms with Crippen LogP contribution in [0.2, 0.25) is 5.02 Å². The summed E-state index contributed by atoms with van der Waals surface area (Å²) in [5.41, 5.74) is 4.38. The molecule has 9 heteroatoms. The summed E-state index contributed by atoms with van der Waals surface area (Å²) in [7, 11) is 0. The molecule has 2 aromatic rings. The van der Waals surface area contributed by atoms with Crippen molar-refractivity contribution in [2.75, 3.05) is 26.3 Å². The lowest BCUT2D eigenvalue weighted by Gasteiger charge is -2.44. The molecule has 1 unspecified atom stereocenters. The van der Waals surface area contributed by atoms with Gasteiger partial charge in [-0.3, -0.25) is 10.2 Å². The number of aryl methyl sites for hydroxylation is 1. The number of nitrogens with zero attached hydrogens (tertiary/aromatic N) is 1. The van der Waals surface area contributed by atoms with Crippen molar-refractivity contribution >= 4 is 17.5 Å². The number of halogens is 1. The molecule has 1 aliphatic heterocycles. The predicted molar refractivity (Wildman–Crippen MR) is 131 cm³/mol. The number of carbonyl (C=O) groups excluding carboxylic acids is 1. The third-order valence-corrected chi connectivity index (χ3v) is 6.72. The third-order valence-electron chi connectivity index (χ3n) is 6.48. The Kier molecular flexibility index (Phi) is 8.77. The van der Waals surface area contributed by atoms with E-state index in [4.69, 9.17) is 25.8 Å². The first-order valence-corrected chi connectivity index (χ1v) is 12.3. The molecule has 2 aromatic carbocycles. The quantitative estimate of drug-likeness (QED) is 0.507. The van der Waals surface area contributed by atoms with Crippen LogP contribution in [0, 0.1) is 6.92 Å². The number of rotatable bonds is 8. The van der Waals surface area contributed by atoms with E-state index in [2.05, 4.69) is 5.43 Å². The lowest BCUT2D eigenvalue weighted by atomic mass is 9.78. The minimum absolute atomic E-state index is 0.0484. The largest absolute Gasteiger partial charge is 0.390 e. The fourth-order valence-electron chi connectivity index (χ4n) is 4.54. The van der Waals surface area contributed by atoms with Gasteiger partial charge in [-0.15, -0.1) is 0 Å². The highest BCUT2D eigenvalue weighted by Gasteiger charge is 2.52. The van der Waals surface area contributed by atoms with Gasteiger partial charge in [-0.1, -0.05) is 53.6 Å². The van der Waals surface area contributed by atoms with Crippen molar-refractivity contribution in [3.05, 3.63) is 70.2 Å². The summed E-state index contributed by atoms with van der Waals surface area (Å²) in [6, 6.07) is 15.1. The van der Waals surface area contributed by atoms with Crippen LogP contribution in [-0.4, -0.2) is 71.3 Å². The molecule has 1 saturated heterocycles. The number of amides is 1. The SMILES string of the molecule is Cc1cccc(CO[C@]2(C(=O)NN3CCOCC3)CC(OCc3cccc(Cl)c3)[C@H](O)[C@H](O)C2)c1. The maximum atomic E-state index is 13.6. The van der Waals surface area contributed by atoms with Gasteiger partial charge in [0.15, 0.2) is 5.60 Å². The van der Waals surface area contributed by atoms with E-state index in [-0.39, 0.29) is 32.0 Å². The van der Waals surface area contributed by atoms with Gasteiger partial charge in [0, 0.05) is 31.0 Å². The second-order valence-electron chi connectivity index (χ2n) is 9.26. The second kappa shape index (κ2) is 11.8. The van der Waals surface area contributed by atoms with Gasteiger partial charge in [0.2, 0.25) is 0 Å². The first-order chi connectivity index (χ1) is 16.8. The highest BCUT2D eigenvalue weighted by Crippen LogP contribution is 2.36. The van der Waals surface area contributed by atoms with Crippen LogP contribution >= 0.6 is 11.6 Å². The standard InChI is InChI=1S/C26H33ClN2O6/c1-18-4-2-5-19(12-18)17-35-26(25(32)28-29-8-10-33-11-9-29)14-22(30)24(31)23(15-26)34-16-20-6-3-7-21(27)13-20/h2-7,12-13,22-24,30-31H,8-11,14-17H2,1H3,(H,28,32)/t22-,23?,24-,26+/m1/s1. The van der Waals surface area contributed by atoms with E-state index in [1.165, 1.54) is 0 Å². The van der Waals surface area contributed by atoms with Gasteiger partial charge in [0.25, 0.3) is 5.91 Å². The lowest BCUT2D eigenvalue weighted by Crippen LogP contribution is -2.63. The number of hydrogen-bond donors (Lipinski definition) is 3. The molecule has 1 saturated carbocycles. The third kappa shape index (κ3) is 6.80. The molecule has 1 amide bonds. The van der Waals surface area contributed by atoms with Crippen molar-refractivity contribution in [3.63, 3.8) is 0 Å². The van der Waals surface area contributed by atoms with E-state index >= 15 is 0 Å². The lowest BCUT2D eigenvalue weighted by molar-refractivity contribution is -0.203.